The van der Waals surface area contributed by atoms with Crippen LogP contribution in [0.2, 0.25) is 4.34 Å². The van der Waals surface area contributed by atoms with Gasteiger partial charge in [-0.1, -0.05) is 11.6 Å². The molecular weight excluding hydrogens is 284 g/mol. The highest BCUT2D eigenvalue weighted by atomic mass is 35.5. The first-order valence-electron chi connectivity index (χ1n) is 5.59. The van der Waals surface area contributed by atoms with Gasteiger partial charge >= 0.3 is 0 Å². The first kappa shape index (κ1) is 13.6. The van der Waals surface area contributed by atoms with Gasteiger partial charge in [-0.15, -0.1) is 11.3 Å². The van der Waals surface area contributed by atoms with E-state index in [2.05, 4.69) is 10.3 Å². The second-order valence-corrected chi connectivity index (χ2v) is 5.70. The number of anilines is 2. The van der Waals surface area contributed by atoms with Crippen LogP contribution in [0.5, 0.6) is 0 Å². The zero-order valence-electron chi connectivity index (χ0n) is 10.0. The monoisotopic (exact) mass is 296 g/mol. The highest BCUT2D eigenvalue weighted by Gasteiger charge is 2.07. The summed E-state index contributed by atoms with van der Waals surface area (Å²) >= 11 is 7.39. The van der Waals surface area contributed by atoms with Crippen molar-refractivity contribution in [3.8, 4) is 0 Å². The van der Waals surface area contributed by atoms with Gasteiger partial charge in [-0.05, 0) is 24.6 Å². The zero-order chi connectivity index (χ0) is 13.8. The lowest BCUT2D eigenvalue weighted by molar-refractivity contribution is 0.100. The van der Waals surface area contributed by atoms with Crippen LogP contribution in [0, 0.1) is 0 Å². The summed E-state index contributed by atoms with van der Waals surface area (Å²) in [4.78, 5) is 16.4. The predicted octanol–water partition coefficient (Wildman–Crippen LogP) is 2.13. The van der Waals surface area contributed by atoms with Crippen molar-refractivity contribution < 1.29 is 4.79 Å². The van der Waals surface area contributed by atoms with Gasteiger partial charge in [-0.2, -0.15) is 0 Å². The van der Waals surface area contributed by atoms with Gasteiger partial charge in [0, 0.05) is 11.4 Å². The first-order chi connectivity index (χ1) is 9.06. The van der Waals surface area contributed by atoms with Gasteiger partial charge in [0.1, 0.15) is 5.82 Å². The molecule has 7 heteroatoms. The van der Waals surface area contributed by atoms with Gasteiger partial charge < -0.3 is 16.8 Å². The Bertz CT molecular complexity index is 599. The molecule has 2 aromatic heterocycles. The summed E-state index contributed by atoms with van der Waals surface area (Å²) in [5.41, 5.74) is 11.4. The molecule has 0 aliphatic carbocycles. The molecule has 2 aromatic rings. The molecule has 0 unspecified atom stereocenters. The molecule has 0 spiro atoms. The topological polar surface area (TPSA) is 94.0 Å². The van der Waals surface area contributed by atoms with Crippen molar-refractivity contribution in [3.05, 3.63) is 39.2 Å². The molecule has 0 saturated carbocycles. The van der Waals surface area contributed by atoms with E-state index in [4.69, 9.17) is 23.1 Å². The van der Waals surface area contributed by atoms with Crippen molar-refractivity contribution in [2.24, 2.45) is 5.73 Å². The smallest absolute Gasteiger partial charge is 0.250 e. The maximum Gasteiger partial charge on any atom is 0.250 e. The number of carbonyl (C=O) groups is 1. The van der Waals surface area contributed by atoms with E-state index in [0.29, 0.717) is 12.4 Å². The van der Waals surface area contributed by atoms with Gasteiger partial charge in [-0.25, -0.2) is 4.98 Å². The molecule has 0 fully saturated rings. The zero-order valence-corrected chi connectivity index (χ0v) is 11.6. The summed E-state index contributed by atoms with van der Waals surface area (Å²) in [5, 5.41) is 3.11. The van der Waals surface area contributed by atoms with Crippen LogP contribution in [-0.2, 0) is 6.42 Å². The number of aromatic nitrogens is 1. The fourth-order valence-electron chi connectivity index (χ4n) is 1.58. The van der Waals surface area contributed by atoms with Gasteiger partial charge in [-0.3, -0.25) is 4.79 Å². The van der Waals surface area contributed by atoms with Crippen molar-refractivity contribution in [3.63, 3.8) is 0 Å². The molecule has 0 radical (unpaired) electrons. The number of hydrogen-bond donors (Lipinski definition) is 3. The van der Waals surface area contributed by atoms with Crippen LogP contribution < -0.4 is 16.8 Å². The van der Waals surface area contributed by atoms with Crippen LogP contribution >= 0.6 is 22.9 Å². The average molecular weight is 297 g/mol. The van der Waals surface area contributed by atoms with Crippen molar-refractivity contribution >= 4 is 40.4 Å². The molecule has 5 nitrogen and oxygen atoms in total. The van der Waals surface area contributed by atoms with Gasteiger partial charge in [0.05, 0.1) is 21.8 Å². The lowest BCUT2D eigenvalue weighted by Gasteiger charge is -2.07. The molecule has 100 valence electrons. The van der Waals surface area contributed by atoms with E-state index < -0.39 is 5.91 Å². The van der Waals surface area contributed by atoms with Gasteiger partial charge in [0.2, 0.25) is 0 Å². The van der Waals surface area contributed by atoms with Gasteiger partial charge in [0.25, 0.3) is 5.91 Å². The van der Waals surface area contributed by atoms with Crippen LogP contribution in [0.4, 0.5) is 11.5 Å². The second kappa shape index (κ2) is 5.90. The van der Waals surface area contributed by atoms with E-state index in [9.17, 15) is 4.79 Å². The van der Waals surface area contributed by atoms with E-state index in [-0.39, 0.29) is 11.3 Å². The molecule has 0 atom stereocenters. The van der Waals surface area contributed by atoms with Gasteiger partial charge in [0.15, 0.2) is 0 Å². The van der Waals surface area contributed by atoms with Crippen molar-refractivity contribution in [1.29, 1.82) is 0 Å². The van der Waals surface area contributed by atoms with Crippen molar-refractivity contribution in [1.82, 2.24) is 4.98 Å². The number of primary amides is 1. The molecule has 0 aromatic carbocycles. The fourth-order valence-corrected chi connectivity index (χ4v) is 2.66. The number of carbonyl (C=O) groups excluding carboxylic acids is 1. The minimum absolute atomic E-state index is 0.275. The quantitative estimate of drug-likeness (QED) is 0.788. The Kier molecular flexibility index (Phi) is 4.24. The Balaban J connectivity index is 1.96. The molecule has 0 aliphatic rings. The molecule has 2 rings (SSSR count). The summed E-state index contributed by atoms with van der Waals surface area (Å²) in [6, 6.07) is 5.41. The maximum atomic E-state index is 11.1. The molecule has 0 bridgehead atoms. The number of nitrogens with two attached hydrogens (primary N) is 2. The number of amides is 1. The highest BCUT2D eigenvalue weighted by Crippen LogP contribution is 2.21. The lowest BCUT2D eigenvalue weighted by Crippen LogP contribution is -2.15. The molecule has 2 heterocycles. The number of pyridine rings is 1. The predicted molar refractivity (Wildman–Crippen MR) is 78.7 cm³/mol. The second-order valence-electron chi connectivity index (χ2n) is 3.90. The lowest BCUT2D eigenvalue weighted by atomic mass is 10.2. The van der Waals surface area contributed by atoms with Crippen LogP contribution in [0.1, 0.15) is 15.2 Å². The van der Waals surface area contributed by atoms with Crippen LogP contribution in [0.25, 0.3) is 0 Å². The molecule has 1 amide bonds. The van der Waals surface area contributed by atoms with Crippen molar-refractivity contribution in [2.75, 3.05) is 17.6 Å². The Morgan fingerprint density at radius 1 is 1.47 bits per heavy atom. The maximum absolute atomic E-state index is 11.1. The Morgan fingerprint density at radius 2 is 2.26 bits per heavy atom. The van der Waals surface area contributed by atoms with E-state index in [0.717, 1.165) is 10.8 Å². The average Bonchev–Trinajstić information content (AvgIpc) is 2.77. The van der Waals surface area contributed by atoms with E-state index >= 15 is 0 Å². The van der Waals surface area contributed by atoms with E-state index in [1.54, 1.807) is 17.4 Å². The fraction of sp³-hybridized carbons (Fsp3) is 0.167. The third kappa shape index (κ3) is 3.59. The summed E-state index contributed by atoms with van der Waals surface area (Å²) in [6.07, 6.45) is 2.25. The molecule has 0 saturated heterocycles. The minimum Gasteiger partial charge on any atom is -0.397 e. The molecule has 5 N–H and O–H groups in total. The Labute approximate surface area is 119 Å². The molecule has 0 aliphatic heterocycles. The SMILES string of the molecule is NC(=O)c1cc(NCCc2ccc(Cl)s2)ncc1N. The number of thiophene rings is 1. The summed E-state index contributed by atoms with van der Waals surface area (Å²) < 4.78 is 0.775. The number of nitrogens with one attached hydrogen (secondary N) is 1. The largest absolute Gasteiger partial charge is 0.397 e. The van der Waals surface area contributed by atoms with E-state index in [1.165, 1.54) is 11.1 Å². The number of nitrogen functional groups attached to an aromatic ring is 1. The summed E-state index contributed by atoms with van der Waals surface area (Å²) in [7, 11) is 0. The molecule has 19 heavy (non-hydrogen) atoms. The molecular formula is C12H13ClN4OS. The van der Waals surface area contributed by atoms with Crippen LogP contribution in [0.15, 0.2) is 24.4 Å². The van der Waals surface area contributed by atoms with E-state index in [1.807, 2.05) is 12.1 Å². The standard InChI is InChI=1S/C12H13ClN4OS/c13-10-2-1-7(19-10)3-4-16-11-5-8(12(15)18)9(14)6-17-11/h1-2,5-6H,3-4,14H2,(H2,15,18)(H,16,17). The minimum atomic E-state index is -0.562. The number of halogens is 1. The highest BCUT2D eigenvalue weighted by molar-refractivity contribution is 7.16. The normalized spacial score (nSPS) is 10.4. The van der Waals surface area contributed by atoms with Crippen LogP contribution in [0.3, 0.4) is 0 Å². The summed E-state index contributed by atoms with van der Waals surface area (Å²) in [6.45, 7) is 0.686. The third-order valence-electron chi connectivity index (χ3n) is 2.51. The Morgan fingerprint density at radius 3 is 2.89 bits per heavy atom. The summed E-state index contributed by atoms with van der Waals surface area (Å²) in [5.74, 6) is 0.0126. The number of nitrogens with zero attached hydrogens (tertiary/aromatic N) is 1. The number of rotatable bonds is 5. The Hall–Kier alpha value is -1.79. The van der Waals surface area contributed by atoms with Crippen molar-refractivity contribution in [2.45, 2.75) is 6.42 Å². The third-order valence-corrected chi connectivity index (χ3v) is 3.80. The number of hydrogen-bond acceptors (Lipinski definition) is 5. The van der Waals surface area contributed by atoms with Crippen LogP contribution in [-0.4, -0.2) is 17.4 Å². The first-order valence-corrected chi connectivity index (χ1v) is 6.79.